The Morgan fingerprint density at radius 3 is 2.07 bits per heavy atom. The molecule has 0 bridgehead atoms. The molecule has 0 aromatic heterocycles. The summed E-state index contributed by atoms with van der Waals surface area (Å²) in [4.78, 5) is 19.4. The van der Waals surface area contributed by atoms with Crippen LogP contribution in [0.25, 0.3) is 0 Å². The lowest BCUT2D eigenvalue weighted by Crippen LogP contribution is -3.13. The molecule has 146 valence electrons. The minimum Gasteiger partial charge on any atom is -0.455 e. The maximum atomic E-state index is 12.0. The topological polar surface area (TPSA) is 69.3 Å². The van der Waals surface area contributed by atoms with Gasteiger partial charge in [-0.25, -0.2) is 0 Å². The largest absolute Gasteiger partial charge is 0.455 e. The molecule has 2 rings (SSSR count). The summed E-state index contributed by atoms with van der Waals surface area (Å²) in [5, 5.41) is 12.8. The van der Waals surface area contributed by atoms with Gasteiger partial charge in [-0.1, -0.05) is 18.2 Å². The first-order valence-corrected chi connectivity index (χ1v) is 9.37. The van der Waals surface area contributed by atoms with Gasteiger partial charge in [-0.3, -0.25) is 10.1 Å². The second kappa shape index (κ2) is 9.78. The quantitative estimate of drug-likeness (QED) is 0.509. The van der Waals surface area contributed by atoms with Crippen molar-refractivity contribution in [3.8, 4) is 17.2 Å². The fourth-order valence-corrected chi connectivity index (χ4v) is 2.89. The van der Waals surface area contributed by atoms with Crippen LogP contribution in [0.3, 0.4) is 0 Å². The fraction of sp³-hybridized carbons (Fsp3) is 0.400. The van der Waals surface area contributed by atoms with Gasteiger partial charge < -0.3 is 14.5 Å². The zero-order valence-electron chi connectivity index (χ0n) is 16.4. The van der Waals surface area contributed by atoms with Gasteiger partial charge in [-0.15, -0.1) is 5.06 Å². The van der Waals surface area contributed by atoms with Gasteiger partial charge in [0.2, 0.25) is 0 Å². The van der Waals surface area contributed by atoms with Gasteiger partial charge in [-0.05, 0) is 52.0 Å². The summed E-state index contributed by atoms with van der Waals surface area (Å²) in [6, 6.07) is 12.6. The van der Waals surface area contributed by atoms with Crippen LogP contribution in [0.5, 0.6) is 17.2 Å². The summed E-state index contributed by atoms with van der Waals surface area (Å²) < 4.78 is 5.99. The summed E-state index contributed by atoms with van der Waals surface area (Å²) in [5.41, 5.74) is 0.379. The monoisotopic (exact) mass is 374 g/mol. The van der Waals surface area contributed by atoms with Crippen LogP contribution in [0.4, 0.5) is 11.4 Å². The van der Waals surface area contributed by atoms with Crippen molar-refractivity contribution in [3.63, 3.8) is 0 Å². The zero-order chi connectivity index (χ0) is 19.8. The van der Waals surface area contributed by atoms with Gasteiger partial charge in [0, 0.05) is 13.1 Å². The Labute approximate surface area is 160 Å². The summed E-state index contributed by atoms with van der Waals surface area (Å²) in [5.74, 6) is 1.32. The molecule has 0 unspecified atom stereocenters. The molecule has 7 heteroatoms. The van der Waals surface area contributed by atoms with E-state index in [1.807, 2.05) is 62.9 Å². The summed E-state index contributed by atoms with van der Waals surface area (Å²) in [6.07, 6.45) is 0. The van der Waals surface area contributed by atoms with Crippen LogP contribution in [0.15, 0.2) is 42.5 Å². The maximum absolute atomic E-state index is 12.0. The van der Waals surface area contributed by atoms with Gasteiger partial charge in [0.15, 0.2) is 11.4 Å². The van der Waals surface area contributed by atoms with E-state index in [0.717, 1.165) is 5.06 Å². The molecular weight excluding hydrogens is 346 g/mol. The van der Waals surface area contributed by atoms with Gasteiger partial charge >= 0.3 is 5.69 Å². The third-order valence-electron chi connectivity index (χ3n) is 4.35. The lowest BCUT2D eigenvalue weighted by Gasteiger charge is -2.24. The number of para-hydroxylation sites is 1. The molecule has 2 aromatic carbocycles. The number of hydrogen-bond donors (Lipinski definition) is 1. The molecule has 0 heterocycles. The minimum absolute atomic E-state index is 0.0634. The number of hydroxylamine groups is 2. The van der Waals surface area contributed by atoms with E-state index in [1.54, 1.807) is 12.1 Å². The molecule has 0 aliphatic heterocycles. The van der Waals surface area contributed by atoms with Crippen molar-refractivity contribution in [2.45, 2.75) is 27.7 Å². The van der Waals surface area contributed by atoms with Crippen LogP contribution in [-0.4, -0.2) is 31.1 Å². The number of quaternary nitrogens is 1. The fourth-order valence-electron chi connectivity index (χ4n) is 2.89. The van der Waals surface area contributed by atoms with Crippen molar-refractivity contribution < 1.29 is 19.6 Å². The number of nitro benzene ring substituents is 1. The molecule has 0 saturated heterocycles. The van der Waals surface area contributed by atoms with Gasteiger partial charge in [-0.2, -0.15) is 0 Å². The van der Waals surface area contributed by atoms with E-state index in [1.165, 1.54) is 0 Å². The van der Waals surface area contributed by atoms with Crippen molar-refractivity contribution in [1.82, 2.24) is 0 Å². The number of rotatable bonds is 10. The first kappa shape index (κ1) is 20.5. The Kier molecular flexibility index (Phi) is 7.43. The molecule has 0 radical (unpaired) electrons. The molecular formula is C20H28N3O4+. The highest BCUT2D eigenvalue weighted by atomic mass is 16.7. The second-order valence-corrected chi connectivity index (χ2v) is 5.95. The molecule has 27 heavy (non-hydrogen) atoms. The number of anilines is 1. The maximum Gasteiger partial charge on any atom is 0.344 e. The zero-order valence-corrected chi connectivity index (χ0v) is 16.4. The minimum atomic E-state index is -0.385. The predicted molar refractivity (Wildman–Crippen MR) is 106 cm³/mol. The van der Waals surface area contributed by atoms with Crippen LogP contribution >= 0.6 is 0 Å². The molecule has 0 aliphatic carbocycles. The van der Waals surface area contributed by atoms with Crippen LogP contribution in [0.2, 0.25) is 0 Å². The lowest BCUT2D eigenvalue weighted by molar-refractivity contribution is -1.06. The van der Waals surface area contributed by atoms with Gasteiger partial charge in [0.1, 0.15) is 18.8 Å². The molecule has 0 fully saturated rings. The number of ether oxygens (including phenoxy) is 1. The Bertz CT molecular complexity index is 744. The van der Waals surface area contributed by atoms with E-state index in [4.69, 9.17) is 9.57 Å². The summed E-state index contributed by atoms with van der Waals surface area (Å²) in [6.45, 7) is 10.5. The Morgan fingerprint density at radius 1 is 0.963 bits per heavy atom. The first-order valence-electron chi connectivity index (χ1n) is 9.37. The molecule has 0 spiro atoms. The lowest BCUT2D eigenvalue weighted by atomic mass is 10.2. The number of benzene rings is 2. The number of nitrogens with zero attached hydrogens (tertiary/aromatic N) is 2. The van der Waals surface area contributed by atoms with E-state index in [-0.39, 0.29) is 16.4 Å². The predicted octanol–water partition coefficient (Wildman–Crippen LogP) is 3.45. The Balaban J connectivity index is 2.59. The van der Waals surface area contributed by atoms with E-state index in [2.05, 4.69) is 0 Å². The third-order valence-corrected chi connectivity index (χ3v) is 4.35. The normalized spacial score (nSPS) is 10.7. The molecule has 7 nitrogen and oxygen atoms in total. The first-order chi connectivity index (χ1) is 13.0. The average Bonchev–Trinajstić information content (AvgIpc) is 2.69. The molecule has 0 saturated carbocycles. The van der Waals surface area contributed by atoms with Crippen LogP contribution in [0, 0.1) is 10.1 Å². The van der Waals surface area contributed by atoms with E-state index >= 15 is 0 Å². The highest BCUT2D eigenvalue weighted by Crippen LogP contribution is 2.45. The average molecular weight is 374 g/mol. The Hall–Kier alpha value is -2.80. The van der Waals surface area contributed by atoms with Crippen LogP contribution in [0.1, 0.15) is 27.7 Å². The highest BCUT2D eigenvalue weighted by Gasteiger charge is 2.31. The van der Waals surface area contributed by atoms with Crippen molar-refractivity contribution in [2.24, 2.45) is 0 Å². The molecule has 0 amide bonds. The van der Waals surface area contributed by atoms with Crippen molar-refractivity contribution in [2.75, 3.05) is 31.1 Å². The number of nitrogens with one attached hydrogen (secondary N) is 1. The number of hydrogen-bond acceptors (Lipinski definition) is 5. The standard InChI is InChI=1S/C20H27N3O4/c1-5-21(6-2)19-17(26-16-12-10-9-11-13-16)14-15-18(20(19)23(24)25)27-22(7-3)8-4/h9-15H,5-8H2,1-4H3/p+1. The summed E-state index contributed by atoms with van der Waals surface area (Å²) in [7, 11) is 0. The number of nitro groups is 1. The highest BCUT2D eigenvalue weighted by molar-refractivity contribution is 5.77. The van der Waals surface area contributed by atoms with Crippen LogP contribution in [-0.2, 0) is 0 Å². The second-order valence-electron chi connectivity index (χ2n) is 5.95. The van der Waals surface area contributed by atoms with E-state index < -0.39 is 0 Å². The molecule has 2 aromatic rings. The van der Waals surface area contributed by atoms with E-state index in [9.17, 15) is 10.1 Å². The van der Waals surface area contributed by atoms with Crippen molar-refractivity contribution >= 4 is 11.4 Å². The smallest absolute Gasteiger partial charge is 0.344 e. The Morgan fingerprint density at radius 2 is 1.56 bits per heavy atom. The van der Waals surface area contributed by atoms with Crippen molar-refractivity contribution in [3.05, 3.63) is 52.6 Å². The van der Waals surface area contributed by atoms with E-state index in [0.29, 0.717) is 43.4 Å². The third kappa shape index (κ3) is 4.89. The van der Waals surface area contributed by atoms with Crippen molar-refractivity contribution in [1.29, 1.82) is 0 Å². The van der Waals surface area contributed by atoms with Crippen LogP contribution < -0.4 is 19.5 Å². The van der Waals surface area contributed by atoms with Gasteiger partial charge in [0.05, 0.1) is 4.92 Å². The molecule has 0 atom stereocenters. The summed E-state index contributed by atoms with van der Waals surface area (Å²) >= 11 is 0. The van der Waals surface area contributed by atoms with Gasteiger partial charge in [0.25, 0.3) is 5.75 Å². The SMILES string of the molecule is CCN(CC)c1c(Oc2ccccc2)ccc(O[NH+](CC)CC)c1[N+](=O)[O-]. The molecule has 1 N–H and O–H groups in total. The molecule has 0 aliphatic rings.